The lowest BCUT2D eigenvalue weighted by Gasteiger charge is -2.16. The van der Waals surface area contributed by atoms with E-state index in [9.17, 15) is 14.9 Å². The number of hydrogen-bond acceptors (Lipinski definition) is 6. The molecule has 0 radical (unpaired) electrons. The molecule has 1 heterocycles. The molecule has 144 valence electrons. The van der Waals surface area contributed by atoms with Crippen LogP contribution in [0.15, 0.2) is 53.4 Å². The molecular formula is C20H19N3O3S2. The maximum atomic E-state index is 12.7. The number of nitro benzene ring substituents is 1. The van der Waals surface area contributed by atoms with Crippen molar-refractivity contribution in [2.75, 3.05) is 12.0 Å². The van der Waals surface area contributed by atoms with Crippen molar-refractivity contribution in [2.24, 2.45) is 0 Å². The summed E-state index contributed by atoms with van der Waals surface area (Å²) in [4.78, 5) is 25.1. The summed E-state index contributed by atoms with van der Waals surface area (Å²) < 4.78 is 0.452. The van der Waals surface area contributed by atoms with E-state index in [2.05, 4.69) is 31.3 Å². The van der Waals surface area contributed by atoms with Crippen molar-refractivity contribution in [3.63, 3.8) is 0 Å². The Morgan fingerprint density at radius 1 is 1.25 bits per heavy atom. The summed E-state index contributed by atoms with van der Waals surface area (Å²) >= 11 is 6.58. The highest BCUT2D eigenvalue weighted by Gasteiger charge is 2.31. The van der Waals surface area contributed by atoms with Crippen LogP contribution in [0.25, 0.3) is 6.08 Å². The van der Waals surface area contributed by atoms with Gasteiger partial charge in [-0.15, -0.1) is 0 Å². The topological polar surface area (TPSA) is 75.5 Å². The third-order valence-corrected chi connectivity index (χ3v) is 5.65. The van der Waals surface area contributed by atoms with Gasteiger partial charge in [0.15, 0.2) is 0 Å². The summed E-state index contributed by atoms with van der Waals surface area (Å²) in [5.74, 6) is 0.271. The van der Waals surface area contributed by atoms with E-state index in [4.69, 9.17) is 12.2 Å². The number of carbonyl (C=O) groups excluding carboxylic acids is 1. The molecule has 1 aliphatic rings. The molecule has 0 saturated carbocycles. The quantitative estimate of drug-likeness (QED) is 0.311. The summed E-state index contributed by atoms with van der Waals surface area (Å²) in [5.41, 5.74) is 2.72. The molecule has 8 heteroatoms. The van der Waals surface area contributed by atoms with Gasteiger partial charge in [0.25, 0.3) is 11.6 Å². The Morgan fingerprint density at radius 2 is 1.96 bits per heavy atom. The Bertz CT molecular complexity index is 955. The lowest BCUT2D eigenvalue weighted by molar-refractivity contribution is -0.384. The van der Waals surface area contributed by atoms with Crippen LogP contribution in [-0.4, -0.2) is 26.7 Å². The van der Waals surface area contributed by atoms with E-state index in [1.54, 1.807) is 12.1 Å². The maximum Gasteiger partial charge on any atom is 0.271 e. The van der Waals surface area contributed by atoms with Gasteiger partial charge >= 0.3 is 0 Å². The van der Waals surface area contributed by atoms with Crippen LogP contribution in [0.2, 0.25) is 0 Å². The second-order valence-corrected chi connectivity index (χ2v) is 8.25. The van der Waals surface area contributed by atoms with E-state index < -0.39 is 4.92 Å². The highest BCUT2D eigenvalue weighted by atomic mass is 32.2. The molecular weight excluding hydrogens is 394 g/mol. The molecule has 1 amide bonds. The molecule has 6 nitrogen and oxygen atoms in total. The van der Waals surface area contributed by atoms with Crippen LogP contribution in [-0.2, 0) is 4.79 Å². The van der Waals surface area contributed by atoms with Crippen LogP contribution < -0.4 is 5.32 Å². The maximum absolute atomic E-state index is 12.7. The Kier molecular flexibility index (Phi) is 6.11. The molecule has 28 heavy (non-hydrogen) atoms. The number of rotatable bonds is 6. The SMILES string of the molecule is CC(C)c1ccc(C=C2SC(=S)N(CNc3cccc([N+](=O)[O-])c3)C2=O)cc1. The number of benzene rings is 2. The van der Waals surface area contributed by atoms with E-state index in [0.29, 0.717) is 20.8 Å². The van der Waals surface area contributed by atoms with Crippen molar-refractivity contribution in [1.82, 2.24) is 4.90 Å². The van der Waals surface area contributed by atoms with Crippen LogP contribution >= 0.6 is 24.0 Å². The molecule has 0 aliphatic carbocycles. The van der Waals surface area contributed by atoms with Gasteiger partial charge in [0.2, 0.25) is 0 Å². The fourth-order valence-electron chi connectivity index (χ4n) is 2.66. The van der Waals surface area contributed by atoms with Crippen LogP contribution in [0, 0.1) is 10.1 Å². The second-order valence-electron chi connectivity index (χ2n) is 6.57. The first-order valence-corrected chi connectivity index (χ1v) is 9.91. The number of amides is 1. The molecule has 0 bridgehead atoms. The van der Waals surface area contributed by atoms with E-state index in [-0.39, 0.29) is 18.3 Å². The summed E-state index contributed by atoms with van der Waals surface area (Å²) in [6.07, 6.45) is 1.83. The highest BCUT2D eigenvalue weighted by Crippen LogP contribution is 2.32. The molecule has 0 unspecified atom stereocenters. The van der Waals surface area contributed by atoms with Crippen molar-refractivity contribution in [3.05, 3.63) is 74.7 Å². The van der Waals surface area contributed by atoms with Crippen molar-refractivity contribution in [3.8, 4) is 0 Å². The molecule has 1 saturated heterocycles. The van der Waals surface area contributed by atoms with Crippen molar-refractivity contribution in [2.45, 2.75) is 19.8 Å². The fraction of sp³-hybridized carbons (Fsp3) is 0.200. The first-order valence-electron chi connectivity index (χ1n) is 8.69. The first-order chi connectivity index (χ1) is 13.3. The van der Waals surface area contributed by atoms with Gasteiger partial charge in [-0.2, -0.15) is 0 Å². The van der Waals surface area contributed by atoms with E-state index in [1.807, 2.05) is 18.2 Å². The first kappa shape index (κ1) is 20.0. The van der Waals surface area contributed by atoms with Crippen molar-refractivity contribution < 1.29 is 9.72 Å². The van der Waals surface area contributed by atoms with Crippen LogP contribution in [0.4, 0.5) is 11.4 Å². The third-order valence-electron chi connectivity index (χ3n) is 4.27. The van der Waals surface area contributed by atoms with Crippen LogP contribution in [0.1, 0.15) is 30.9 Å². The molecule has 2 aromatic carbocycles. The number of thiocarbonyl (C=S) groups is 1. The van der Waals surface area contributed by atoms with E-state index in [0.717, 1.165) is 5.56 Å². The van der Waals surface area contributed by atoms with Gasteiger partial charge in [0, 0.05) is 17.8 Å². The third kappa shape index (κ3) is 4.58. The van der Waals surface area contributed by atoms with Gasteiger partial charge in [-0.05, 0) is 29.2 Å². The zero-order valence-corrected chi connectivity index (χ0v) is 17.0. The standard InChI is InChI=1S/C20H19N3O3S2/c1-13(2)15-8-6-14(7-9-15)10-18-19(24)22(20(27)28-18)12-21-16-4-3-5-17(11-16)23(25)26/h3-11,13,21H,12H2,1-2H3. The molecule has 0 atom stereocenters. The molecule has 1 aliphatic heterocycles. The number of hydrogen-bond donors (Lipinski definition) is 1. The average Bonchev–Trinajstić information content (AvgIpc) is 2.93. The Hall–Kier alpha value is -2.71. The minimum atomic E-state index is -0.460. The van der Waals surface area contributed by atoms with Crippen LogP contribution in [0.3, 0.4) is 0 Å². The number of nitro groups is 1. The van der Waals surface area contributed by atoms with Crippen LogP contribution in [0.5, 0.6) is 0 Å². The summed E-state index contributed by atoms with van der Waals surface area (Å²) in [6.45, 7) is 4.42. The summed E-state index contributed by atoms with van der Waals surface area (Å²) in [6, 6.07) is 14.2. The lowest BCUT2D eigenvalue weighted by atomic mass is 10.0. The van der Waals surface area contributed by atoms with Crippen molar-refractivity contribution >= 4 is 51.7 Å². The number of thioether (sulfide) groups is 1. The van der Waals surface area contributed by atoms with Gasteiger partial charge in [-0.3, -0.25) is 19.8 Å². The second kappa shape index (κ2) is 8.53. The normalized spacial score (nSPS) is 15.5. The van der Waals surface area contributed by atoms with E-state index in [1.165, 1.54) is 34.4 Å². The summed E-state index contributed by atoms with van der Waals surface area (Å²) in [7, 11) is 0. The minimum Gasteiger partial charge on any atom is -0.367 e. The predicted molar refractivity (Wildman–Crippen MR) is 117 cm³/mol. The van der Waals surface area contributed by atoms with Gasteiger partial charge in [0.1, 0.15) is 4.32 Å². The lowest BCUT2D eigenvalue weighted by Crippen LogP contribution is -2.33. The molecule has 1 N–H and O–H groups in total. The van der Waals surface area contributed by atoms with Crippen molar-refractivity contribution in [1.29, 1.82) is 0 Å². The zero-order chi connectivity index (χ0) is 20.3. The highest BCUT2D eigenvalue weighted by molar-refractivity contribution is 8.26. The number of non-ortho nitro benzene ring substituents is 1. The Labute approximate surface area is 172 Å². The number of anilines is 1. The monoisotopic (exact) mass is 413 g/mol. The smallest absolute Gasteiger partial charge is 0.271 e. The zero-order valence-electron chi connectivity index (χ0n) is 15.4. The van der Waals surface area contributed by atoms with E-state index >= 15 is 0 Å². The number of carbonyl (C=O) groups is 1. The number of nitrogens with one attached hydrogen (secondary N) is 1. The van der Waals surface area contributed by atoms with Gasteiger partial charge in [-0.1, -0.05) is 68.2 Å². The van der Waals surface area contributed by atoms with Gasteiger partial charge in [0.05, 0.1) is 16.5 Å². The number of nitrogens with zero attached hydrogens (tertiary/aromatic N) is 2. The Balaban J connectivity index is 1.69. The largest absolute Gasteiger partial charge is 0.367 e. The molecule has 1 fully saturated rings. The Morgan fingerprint density at radius 3 is 2.61 bits per heavy atom. The summed E-state index contributed by atoms with van der Waals surface area (Å²) in [5, 5.41) is 13.9. The van der Waals surface area contributed by atoms with Gasteiger partial charge < -0.3 is 5.32 Å². The minimum absolute atomic E-state index is 0.0138. The predicted octanol–water partition coefficient (Wildman–Crippen LogP) is 4.99. The average molecular weight is 414 g/mol. The van der Waals surface area contributed by atoms with Gasteiger partial charge in [-0.25, -0.2) is 0 Å². The molecule has 2 aromatic rings. The molecule has 3 rings (SSSR count). The molecule has 0 aromatic heterocycles. The fourth-order valence-corrected chi connectivity index (χ4v) is 3.92. The molecule has 0 spiro atoms.